The van der Waals surface area contributed by atoms with Crippen LogP contribution in [-0.4, -0.2) is 224 Å². The van der Waals surface area contributed by atoms with Gasteiger partial charge in [-0.05, 0) is 38.5 Å². The summed E-state index contributed by atoms with van der Waals surface area (Å²) < 4.78 is 31.0. The average Bonchev–Trinajstić information content (AvgIpc) is 3.21. The largest absolute Gasteiger partial charge is 0.480 e. The predicted molar refractivity (Wildman–Crippen MR) is 225 cm³/mol. The quantitative estimate of drug-likeness (QED) is 0.0219. The predicted octanol–water partition coefficient (Wildman–Crippen LogP) is -1.03. The number of carboxylic acid groups (broad SMARTS) is 5. The summed E-state index contributed by atoms with van der Waals surface area (Å²) in [5.74, 6) is -9.41. The van der Waals surface area contributed by atoms with Crippen LogP contribution in [-0.2, 0) is 71.6 Å². The number of carboxylic acids is 5. The average molecular weight is 954 g/mol. The molecule has 0 aromatic heterocycles. The fraction of sp³-hybridized carbons (Fsp3) is 0.750. The van der Waals surface area contributed by atoms with Crippen LogP contribution in [0.1, 0.15) is 65.7 Å². The SMILES string of the molecule is CC(=O)OCC(COC(C)=O)(COC(C)=O)C(=O)OCCCCCCOCCNCCOC(=O)NCCCCC(C(=O)O)N(CCN(CC(=O)O)CC(=O)O)CCN(CC(=O)O)CC(=O)O. The first-order valence-electron chi connectivity index (χ1n) is 21.2. The Morgan fingerprint density at radius 2 is 0.955 bits per heavy atom. The molecule has 66 heavy (non-hydrogen) atoms. The van der Waals surface area contributed by atoms with E-state index in [1.807, 2.05) is 0 Å². The number of nitrogens with zero attached hydrogens (tertiary/aromatic N) is 3. The number of hydrogen-bond donors (Lipinski definition) is 7. The van der Waals surface area contributed by atoms with E-state index in [1.54, 1.807) is 0 Å². The molecule has 0 rings (SSSR count). The molecule has 0 aromatic rings. The summed E-state index contributed by atoms with van der Waals surface area (Å²) in [6.45, 7) is 0.574. The Balaban J connectivity index is 4.59. The molecule has 0 aliphatic rings. The second kappa shape index (κ2) is 35.5. The topological polar surface area (TPSA) is 361 Å². The van der Waals surface area contributed by atoms with Crippen molar-refractivity contribution in [3.8, 4) is 0 Å². The molecule has 0 aliphatic heterocycles. The van der Waals surface area contributed by atoms with Gasteiger partial charge in [0.15, 0.2) is 5.41 Å². The second-order valence-corrected chi connectivity index (χ2v) is 15.0. The minimum Gasteiger partial charge on any atom is -0.480 e. The number of carbonyl (C=O) groups excluding carboxylic acids is 5. The van der Waals surface area contributed by atoms with Gasteiger partial charge in [-0.3, -0.25) is 57.9 Å². The van der Waals surface area contributed by atoms with E-state index in [0.29, 0.717) is 45.6 Å². The highest BCUT2D eigenvalue weighted by atomic mass is 16.6. The van der Waals surface area contributed by atoms with Gasteiger partial charge in [0.05, 0.1) is 39.4 Å². The molecule has 0 saturated carbocycles. The zero-order valence-corrected chi connectivity index (χ0v) is 37.9. The molecule has 26 nitrogen and oxygen atoms in total. The highest BCUT2D eigenvalue weighted by Crippen LogP contribution is 2.23. The molecular formula is C40H67N5O21. The lowest BCUT2D eigenvalue weighted by Gasteiger charge is -2.32. The Kier molecular flexibility index (Phi) is 32.5. The molecule has 26 heteroatoms. The van der Waals surface area contributed by atoms with Crippen LogP contribution in [0.25, 0.3) is 0 Å². The van der Waals surface area contributed by atoms with Crippen LogP contribution in [0.2, 0.25) is 0 Å². The first-order valence-corrected chi connectivity index (χ1v) is 21.2. The number of ether oxygens (including phenoxy) is 6. The van der Waals surface area contributed by atoms with E-state index in [-0.39, 0.29) is 58.8 Å². The Labute approximate surface area is 382 Å². The molecule has 0 aliphatic carbocycles. The molecular weight excluding hydrogens is 886 g/mol. The molecule has 0 bridgehead atoms. The van der Waals surface area contributed by atoms with Gasteiger partial charge in [0.1, 0.15) is 32.5 Å². The molecule has 0 saturated heterocycles. The van der Waals surface area contributed by atoms with Crippen molar-refractivity contribution in [1.82, 2.24) is 25.3 Å². The van der Waals surface area contributed by atoms with E-state index in [0.717, 1.165) is 43.4 Å². The van der Waals surface area contributed by atoms with E-state index in [2.05, 4.69) is 10.6 Å². The fourth-order valence-electron chi connectivity index (χ4n) is 5.91. The highest BCUT2D eigenvalue weighted by molar-refractivity contribution is 5.79. The van der Waals surface area contributed by atoms with Crippen LogP contribution in [0, 0.1) is 5.41 Å². The monoisotopic (exact) mass is 953 g/mol. The normalized spacial score (nSPS) is 11.7. The third-order valence-corrected chi connectivity index (χ3v) is 9.18. The van der Waals surface area contributed by atoms with Crippen LogP contribution in [0.15, 0.2) is 0 Å². The van der Waals surface area contributed by atoms with Gasteiger partial charge in [0.2, 0.25) is 0 Å². The minimum absolute atomic E-state index is 0.0235. The Morgan fingerprint density at radius 1 is 0.500 bits per heavy atom. The van der Waals surface area contributed by atoms with Gasteiger partial charge in [-0.25, -0.2) is 4.79 Å². The number of rotatable bonds is 41. The van der Waals surface area contributed by atoms with Crippen molar-refractivity contribution >= 4 is 59.8 Å². The van der Waals surface area contributed by atoms with Crippen LogP contribution >= 0.6 is 0 Å². The second-order valence-electron chi connectivity index (χ2n) is 15.0. The van der Waals surface area contributed by atoms with E-state index >= 15 is 0 Å². The molecule has 0 heterocycles. The number of nitrogens with one attached hydrogen (secondary N) is 2. The number of esters is 4. The number of carbonyl (C=O) groups is 10. The maximum Gasteiger partial charge on any atom is 0.407 e. The van der Waals surface area contributed by atoms with Crippen molar-refractivity contribution in [2.45, 2.75) is 71.8 Å². The molecule has 0 aromatic carbocycles. The molecule has 1 unspecified atom stereocenters. The van der Waals surface area contributed by atoms with Crippen molar-refractivity contribution in [2.75, 3.05) is 118 Å². The van der Waals surface area contributed by atoms with E-state index in [9.17, 15) is 73.5 Å². The minimum atomic E-state index is -1.73. The maximum absolute atomic E-state index is 13.0. The molecule has 1 amide bonds. The zero-order chi connectivity index (χ0) is 49.9. The van der Waals surface area contributed by atoms with Crippen LogP contribution in [0.4, 0.5) is 4.79 Å². The number of alkyl carbamates (subject to hydrolysis) is 1. The van der Waals surface area contributed by atoms with E-state index in [4.69, 9.17) is 28.4 Å². The smallest absolute Gasteiger partial charge is 0.407 e. The van der Waals surface area contributed by atoms with Gasteiger partial charge in [-0.15, -0.1) is 0 Å². The Morgan fingerprint density at radius 3 is 1.39 bits per heavy atom. The zero-order valence-electron chi connectivity index (χ0n) is 37.9. The van der Waals surface area contributed by atoms with Crippen molar-refractivity contribution in [3.63, 3.8) is 0 Å². The number of hydrogen-bond acceptors (Lipinski definition) is 20. The Hall–Kier alpha value is -5.70. The summed E-state index contributed by atoms with van der Waals surface area (Å²) in [6, 6.07) is -1.19. The number of aliphatic carboxylic acids is 5. The van der Waals surface area contributed by atoms with Crippen LogP contribution in [0.3, 0.4) is 0 Å². The molecule has 1 atom stereocenters. The van der Waals surface area contributed by atoms with E-state index < -0.39 is 117 Å². The van der Waals surface area contributed by atoms with Gasteiger partial charge < -0.3 is 64.6 Å². The summed E-state index contributed by atoms with van der Waals surface area (Å²) in [5.41, 5.74) is -1.73. The number of unbranched alkanes of at least 4 members (excludes halogenated alkanes) is 4. The van der Waals surface area contributed by atoms with Crippen LogP contribution in [0.5, 0.6) is 0 Å². The summed E-state index contributed by atoms with van der Waals surface area (Å²) in [6.07, 6.45) is 2.66. The highest BCUT2D eigenvalue weighted by Gasteiger charge is 2.44. The third-order valence-electron chi connectivity index (χ3n) is 9.18. The van der Waals surface area contributed by atoms with Crippen LogP contribution < -0.4 is 10.6 Å². The first kappa shape index (κ1) is 60.3. The van der Waals surface area contributed by atoms with Gasteiger partial charge in [0.25, 0.3) is 0 Å². The first-order chi connectivity index (χ1) is 31.2. The van der Waals surface area contributed by atoms with Gasteiger partial charge in [-0.1, -0.05) is 6.42 Å². The van der Waals surface area contributed by atoms with Gasteiger partial charge in [-0.2, -0.15) is 0 Å². The summed E-state index contributed by atoms with van der Waals surface area (Å²) >= 11 is 0. The maximum atomic E-state index is 13.0. The lowest BCUT2D eigenvalue weighted by atomic mass is 9.91. The molecule has 7 N–H and O–H groups in total. The molecule has 0 fully saturated rings. The fourth-order valence-corrected chi connectivity index (χ4v) is 5.91. The van der Waals surface area contributed by atoms with Gasteiger partial charge >= 0.3 is 59.8 Å². The lowest BCUT2D eigenvalue weighted by molar-refractivity contribution is -0.178. The van der Waals surface area contributed by atoms with Crippen molar-refractivity contribution in [1.29, 1.82) is 0 Å². The van der Waals surface area contributed by atoms with Crippen molar-refractivity contribution in [2.24, 2.45) is 5.41 Å². The van der Waals surface area contributed by atoms with Crippen molar-refractivity contribution in [3.05, 3.63) is 0 Å². The number of amides is 1. The summed E-state index contributed by atoms with van der Waals surface area (Å²) in [4.78, 5) is 120. The third kappa shape index (κ3) is 32.0. The summed E-state index contributed by atoms with van der Waals surface area (Å²) in [5, 5.41) is 52.4. The standard InChI is InChI=1S/C40H67N5O21/c1-29(46)64-26-40(27-65-30(2)47,28-66-31(3)48)38(59)62-19-9-5-4-8-18-61-20-12-41-13-21-63-39(60)42-11-7-6-10-32(37(57)58)45(16-14-43(22-33(49)50)23-34(51)52)17-15-44(24-35(53)54)25-36(55)56/h32,41H,4-28H2,1-3H3,(H,42,60)(H,49,50)(H,51,52)(H,53,54)(H,55,56)(H,57,58). The lowest BCUT2D eigenvalue weighted by Crippen LogP contribution is -2.50. The van der Waals surface area contributed by atoms with E-state index in [1.165, 1.54) is 4.90 Å². The molecule has 0 radical (unpaired) electrons. The van der Waals surface area contributed by atoms with Gasteiger partial charge in [0, 0.05) is 73.2 Å². The molecule has 0 spiro atoms. The Bertz CT molecular complexity index is 1430. The van der Waals surface area contributed by atoms with Crippen molar-refractivity contribution < 1.29 is 102 Å². The molecule has 378 valence electrons. The summed E-state index contributed by atoms with van der Waals surface area (Å²) in [7, 11) is 0.